The summed E-state index contributed by atoms with van der Waals surface area (Å²) >= 11 is 1.51. The number of para-hydroxylation sites is 1. The molecule has 0 saturated carbocycles. The standard InChI is InChI=1S/C25H23N5OS/c1-15-9-10-16(2)22(11-15)30-23(31)20-7-5-6-8-21(20)28-25(30)32-14-19-13-29-18(4)12-17(3)26-24(29)27-19/h5-13H,14H2,1-4H3. The second-order valence-electron chi connectivity index (χ2n) is 8.07. The topological polar surface area (TPSA) is 65.1 Å². The van der Waals surface area contributed by atoms with Crippen LogP contribution in [0.2, 0.25) is 0 Å². The number of fused-ring (bicyclic) bond motifs is 2. The first-order valence-electron chi connectivity index (χ1n) is 10.4. The zero-order valence-corrected chi connectivity index (χ0v) is 19.3. The lowest BCUT2D eigenvalue weighted by Gasteiger charge is -2.15. The van der Waals surface area contributed by atoms with Gasteiger partial charge >= 0.3 is 0 Å². The molecule has 0 aliphatic carbocycles. The number of hydrogen-bond acceptors (Lipinski definition) is 5. The number of hydrogen-bond donors (Lipinski definition) is 0. The number of thioether (sulfide) groups is 1. The molecule has 32 heavy (non-hydrogen) atoms. The molecule has 0 N–H and O–H groups in total. The second-order valence-corrected chi connectivity index (χ2v) is 9.01. The van der Waals surface area contributed by atoms with E-state index in [2.05, 4.69) is 16.0 Å². The van der Waals surface area contributed by atoms with E-state index in [-0.39, 0.29) is 5.56 Å². The summed E-state index contributed by atoms with van der Waals surface area (Å²) in [5, 5.41) is 1.26. The van der Waals surface area contributed by atoms with E-state index >= 15 is 0 Å². The molecular weight excluding hydrogens is 418 g/mol. The van der Waals surface area contributed by atoms with Gasteiger partial charge in [-0.25, -0.2) is 15.0 Å². The van der Waals surface area contributed by atoms with Gasteiger partial charge in [-0.05, 0) is 63.1 Å². The van der Waals surface area contributed by atoms with Crippen molar-refractivity contribution in [2.24, 2.45) is 0 Å². The van der Waals surface area contributed by atoms with Gasteiger partial charge in [0.2, 0.25) is 5.78 Å². The maximum absolute atomic E-state index is 13.5. The predicted octanol–water partition coefficient (Wildman–Crippen LogP) is 4.95. The Morgan fingerprint density at radius 2 is 1.75 bits per heavy atom. The van der Waals surface area contributed by atoms with E-state index in [9.17, 15) is 4.79 Å². The van der Waals surface area contributed by atoms with Crippen LogP contribution >= 0.6 is 11.8 Å². The molecule has 5 aromatic rings. The third-order valence-electron chi connectivity index (χ3n) is 5.51. The first kappa shape index (κ1) is 20.5. The Kier molecular flexibility index (Phi) is 5.06. The van der Waals surface area contributed by atoms with Crippen LogP contribution in [0.3, 0.4) is 0 Å². The molecule has 0 radical (unpaired) electrons. The zero-order chi connectivity index (χ0) is 22.4. The van der Waals surface area contributed by atoms with Gasteiger partial charge in [-0.3, -0.25) is 13.8 Å². The average Bonchev–Trinajstić information content (AvgIpc) is 3.18. The van der Waals surface area contributed by atoms with Crippen LogP contribution in [0.15, 0.2) is 64.7 Å². The number of benzene rings is 2. The molecule has 0 aliphatic heterocycles. The molecule has 7 heteroatoms. The Balaban J connectivity index is 1.62. The highest BCUT2D eigenvalue weighted by Crippen LogP contribution is 2.26. The fourth-order valence-corrected chi connectivity index (χ4v) is 4.80. The average molecular weight is 442 g/mol. The van der Waals surface area contributed by atoms with Crippen molar-refractivity contribution in [3.05, 3.63) is 93.3 Å². The van der Waals surface area contributed by atoms with Crippen LogP contribution in [0, 0.1) is 27.7 Å². The van der Waals surface area contributed by atoms with Gasteiger partial charge in [0.15, 0.2) is 5.16 Å². The van der Waals surface area contributed by atoms with Gasteiger partial charge in [0.1, 0.15) is 0 Å². The predicted molar refractivity (Wildman–Crippen MR) is 129 cm³/mol. The Morgan fingerprint density at radius 3 is 2.59 bits per heavy atom. The van der Waals surface area contributed by atoms with E-state index in [0.29, 0.717) is 27.6 Å². The van der Waals surface area contributed by atoms with Crippen LogP contribution in [-0.4, -0.2) is 23.9 Å². The molecule has 0 spiro atoms. The Bertz CT molecular complexity index is 1550. The smallest absolute Gasteiger partial charge is 0.266 e. The van der Waals surface area contributed by atoms with Gasteiger partial charge < -0.3 is 0 Å². The van der Waals surface area contributed by atoms with Gasteiger partial charge in [-0.15, -0.1) is 0 Å². The molecule has 160 valence electrons. The van der Waals surface area contributed by atoms with E-state index in [0.717, 1.165) is 33.9 Å². The molecular formula is C25H23N5OS. The molecule has 3 aromatic heterocycles. The number of aromatic nitrogens is 5. The van der Waals surface area contributed by atoms with Crippen molar-refractivity contribution in [3.63, 3.8) is 0 Å². The summed E-state index contributed by atoms with van der Waals surface area (Å²) in [6.07, 6.45) is 2.01. The van der Waals surface area contributed by atoms with E-state index in [4.69, 9.17) is 4.98 Å². The highest BCUT2D eigenvalue weighted by Gasteiger charge is 2.16. The lowest BCUT2D eigenvalue weighted by Crippen LogP contribution is -2.22. The fourth-order valence-electron chi connectivity index (χ4n) is 3.91. The Labute approximate surface area is 190 Å². The Morgan fingerprint density at radius 1 is 0.938 bits per heavy atom. The summed E-state index contributed by atoms with van der Waals surface area (Å²) in [5.74, 6) is 1.27. The third kappa shape index (κ3) is 3.58. The van der Waals surface area contributed by atoms with Crippen molar-refractivity contribution in [1.29, 1.82) is 0 Å². The number of rotatable bonds is 4. The second kappa shape index (κ2) is 7.91. The Hall–Kier alpha value is -3.45. The first-order chi connectivity index (χ1) is 15.4. The third-order valence-corrected chi connectivity index (χ3v) is 6.48. The molecule has 0 saturated heterocycles. The maximum atomic E-state index is 13.5. The van der Waals surface area contributed by atoms with Gasteiger partial charge in [0.05, 0.1) is 22.3 Å². The molecule has 6 nitrogen and oxygen atoms in total. The van der Waals surface area contributed by atoms with Gasteiger partial charge in [0.25, 0.3) is 5.56 Å². The highest BCUT2D eigenvalue weighted by atomic mass is 32.2. The van der Waals surface area contributed by atoms with E-state index in [1.54, 1.807) is 4.57 Å². The van der Waals surface area contributed by atoms with Crippen molar-refractivity contribution in [2.45, 2.75) is 38.6 Å². The minimum absolute atomic E-state index is 0.0602. The SMILES string of the molecule is Cc1ccc(C)c(-n2c(SCc3cn4c(C)cc(C)nc4n3)nc3ccccc3c2=O)c1. The van der Waals surface area contributed by atoms with Crippen molar-refractivity contribution < 1.29 is 0 Å². The van der Waals surface area contributed by atoms with Gasteiger partial charge in [-0.2, -0.15) is 0 Å². The molecule has 0 unspecified atom stereocenters. The van der Waals surface area contributed by atoms with E-state index < -0.39 is 0 Å². The molecule has 0 atom stereocenters. The summed E-state index contributed by atoms with van der Waals surface area (Å²) in [5.41, 5.74) is 6.55. The molecule has 3 heterocycles. The van der Waals surface area contributed by atoms with Crippen LogP contribution in [0.4, 0.5) is 0 Å². The summed E-state index contributed by atoms with van der Waals surface area (Å²) in [7, 11) is 0. The number of imidazole rings is 1. The van der Waals surface area contributed by atoms with Crippen molar-refractivity contribution in [3.8, 4) is 5.69 Å². The summed E-state index contributed by atoms with van der Waals surface area (Å²) in [6.45, 7) is 8.06. The van der Waals surface area contributed by atoms with Gasteiger partial charge in [-0.1, -0.05) is 36.0 Å². The van der Waals surface area contributed by atoms with E-state index in [1.807, 2.05) is 80.8 Å². The monoisotopic (exact) mass is 441 g/mol. The van der Waals surface area contributed by atoms with Crippen molar-refractivity contribution >= 4 is 28.4 Å². The van der Waals surface area contributed by atoms with Crippen LogP contribution in [-0.2, 0) is 5.75 Å². The number of nitrogens with zero attached hydrogens (tertiary/aromatic N) is 5. The van der Waals surface area contributed by atoms with E-state index in [1.165, 1.54) is 11.8 Å². The minimum atomic E-state index is -0.0602. The molecule has 0 bridgehead atoms. The largest absolute Gasteiger partial charge is 0.288 e. The van der Waals surface area contributed by atoms with Crippen LogP contribution in [0.1, 0.15) is 28.2 Å². The lowest BCUT2D eigenvalue weighted by atomic mass is 10.1. The summed E-state index contributed by atoms with van der Waals surface area (Å²) < 4.78 is 3.73. The number of aryl methyl sites for hydroxylation is 4. The highest BCUT2D eigenvalue weighted by molar-refractivity contribution is 7.98. The molecule has 2 aromatic carbocycles. The van der Waals surface area contributed by atoms with Gasteiger partial charge in [0, 0.05) is 23.3 Å². The summed E-state index contributed by atoms with van der Waals surface area (Å²) in [6, 6.07) is 15.7. The normalized spacial score (nSPS) is 11.5. The summed E-state index contributed by atoms with van der Waals surface area (Å²) in [4.78, 5) is 27.6. The molecule has 0 fully saturated rings. The molecule has 0 aliphatic rings. The lowest BCUT2D eigenvalue weighted by molar-refractivity contribution is 0.813. The quantitative estimate of drug-likeness (QED) is 0.291. The zero-order valence-electron chi connectivity index (χ0n) is 18.5. The van der Waals surface area contributed by atoms with Crippen LogP contribution < -0.4 is 5.56 Å². The van der Waals surface area contributed by atoms with Crippen LogP contribution in [0.25, 0.3) is 22.4 Å². The fraction of sp³-hybridized carbons (Fsp3) is 0.200. The van der Waals surface area contributed by atoms with Crippen molar-refractivity contribution in [1.82, 2.24) is 23.9 Å². The van der Waals surface area contributed by atoms with Crippen molar-refractivity contribution in [2.75, 3.05) is 0 Å². The first-order valence-corrected chi connectivity index (χ1v) is 11.4. The maximum Gasteiger partial charge on any atom is 0.266 e. The molecule has 5 rings (SSSR count). The molecule has 0 amide bonds. The minimum Gasteiger partial charge on any atom is -0.288 e. The van der Waals surface area contributed by atoms with Crippen LogP contribution in [0.5, 0.6) is 0 Å².